The minimum atomic E-state index is 0.238. The molecule has 1 heterocycles. The largest absolute Gasteiger partial charge is 0.399 e. The van der Waals surface area contributed by atoms with Gasteiger partial charge in [-0.1, -0.05) is 12.1 Å². The molecule has 0 saturated heterocycles. The average molecular weight is 210 g/mol. The fourth-order valence-electron chi connectivity index (χ4n) is 1.43. The molecule has 0 aliphatic heterocycles. The van der Waals surface area contributed by atoms with Crippen molar-refractivity contribution in [3.8, 4) is 17.3 Å². The Morgan fingerprint density at radius 3 is 2.56 bits per heavy atom. The molecule has 0 radical (unpaired) electrons. The molecule has 4 N–H and O–H groups in total. The number of nitrogens with two attached hydrogens (primary N) is 2. The van der Waals surface area contributed by atoms with E-state index in [1.807, 2.05) is 24.3 Å². The normalized spacial score (nSPS) is 9.69. The van der Waals surface area contributed by atoms with Crippen LogP contribution in [0.5, 0.6) is 0 Å². The quantitative estimate of drug-likeness (QED) is 0.702. The second-order valence-electron chi connectivity index (χ2n) is 3.37. The summed E-state index contributed by atoms with van der Waals surface area (Å²) in [5.41, 5.74) is 14.0. The average Bonchev–Trinajstić information content (AvgIpc) is 2.29. The van der Waals surface area contributed by atoms with Gasteiger partial charge in [-0.25, -0.2) is 4.98 Å². The molecule has 78 valence electrons. The molecular formula is C12H10N4. The Kier molecular flexibility index (Phi) is 2.44. The molecule has 0 saturated carbocycles. The first-order chi connectivity index (χ1) is 7.70. The maximum Gasteiger partial charge on any atom is 0.142 e. The molecule has 0 unspecified atom stereocenters. The Balaban J connectivity index is 2.50. The summed E-state index contributed by atoms with van der Waals surface area (Å²) in [4.78, 5) is 4.16. The van der Waals surface area contributed by atoms with Crippen molar-refractivity contribution in [1.29, 1.82) is 5.26 Å². The summed E-state index contributed by atoms with van der Waals surface area (Å²) in [6, 6.07) is 12.7. The van der Waals surface area contributed by atoms with Gasteiger partial charge >= 0.3 is 0 Å². The zero-order valence-corrected chi connectivity index (χ0v) is 8.51. The molecule has 0 atom stereocenters. The molecule has 0 aliphatic carbocycles. The molecule has 0 amide bonds. The molecule has 0 spiro atoms. The summed E-state index contributed by atoms with van der Waals surface area (Å²) in [7, 11) is 0. The van der Waals surface area contributed by atoms with Gasteiger partial charge in [-0.15, -0.1) is 0 Å². The second-order valence-corrected chi connectivity index (χ2v) is 3.37. The van der Waals surface area contributed by atoms with Crippen molar-refractivity contribution in [3.63, 3.8) is 0 Å². The minimum Gasteiger partial charge on any atom is -0.399 e. The molecule has 2 rings (SSSR count). The van der Waals surface area contributed by atoms with Gasteiger partial charge in [0.05, 0.1) is 11.3 Å². The van der Waals surface area contributed by atoms with E-state index in [9.17, 15) is 0 Å². The maximum absolute atomic E-state index is 8.73. The van der Waals surface area contributed by atoms with Crippen LogP contribution in [0.2, 0.25) is 0 Å². The summed E-state index contributed by atoms with van der Waals surface area (Å²) in [6.45, 7) is 0. The number of anilines is 2. The van der Waals surface area contributed by atoms with Crippen LogP contribution in [0.1, 0.15) is 5.56 Å². The number of nitriles is 1. The summed E-state index contributed by atoms with van der Waals surface area (Å²) < 4.78 is 0. The lowest BCUT2D eigenvalue weighted by Crippen LogP contribution is -1.96. The Bertz CT molecular complexity index is 569. The zero-order valence-electron chi connectivity index (χ0n) is 8.51. The van der Waals surface area contributed by atoms with Crippen molar-refractivity contribution < 1.29 is 0 Å². The first-order valence-electron chi connectivity index (χ1n) is 4.73. The molecule has 4 heteroatoms. The monoisotopic (exact) mass is 210 g/mol. The minimum absolute atomic E-state index is 0.238. The van der Waals surface area contributed by atoms with Crippen molar-refractivity contribution >= 4 is 11.5 Å². The fourth-order valence-corrected chi connectivity index (χ4v) is 1.43. The van der Waals surface area contributed by atoms with E-state index in [2.05, 4.69) is 4.98 Å². The molecule has 4 nitrogen and oxygen atoms in total. The first kappa shape index (κ1) is 9.99. The molecule has 2 aromatic rings. The van der Waals surface area contributed by atoms with E-state index in [0.717, 1.165) is 5.56 Å². The van der Waals surface area contributed by atoms with Gasteiger partial charge < -0.3 is 11.5 Å². The van der Waals surface area contributed by atoms with Crippen molar-refractivity contribution in [1.82, 2.24) is 4.98 Å². The van der Waals surface area contributed by atoms with Crippen LogP contribution in [-0.4, -0.2) is 4.98 Å². The highest BCUT2D eigenvalue weighted by atomic mass is 14.8. The van der Waals surface area contributed by atoms with Gasteiger partial charge in [-0.3, -0.25) is 0 Å². The van der Waals surface area contributed by atoms with Crippen LogP contribution in [0, 0.1) is 11.3 Å². The topological polar surface area (TPSA) is 88.7 Å². The summed E-state index contributed by atoms with van der Waals surface area (Å²) in [6.07, 6.45) is 0. The van der Waals surface area contributed by atoms with Crippen molar-refractivity contribution in [2.45, 2.75) is 0 Å². The third kappa shape index (κ3) is 1.79. The van der Waals surface area contributed by atoms with Crippen LogP contribution in [0.3, 0.4) is 0 Å². The molecule has 0 bridgehead atoms. The van der Waals surface area contributed by atoms with Gasteiger partial charge in [-0.05, 0) is 24.3 Å². The van der Waals surface area contributed by atoms with Crippen LogP contribution in [0.25, 0.3) is 11.3 Å². The number of hydrogen-bond donors (Lipinski definition) is 2. The van der Waals surface area contributed by atoms with Crippen molar-refractivity contribution in [3.05, 3.63) is 42.0 Å². The lowest BCUT2D eigenvalue weighted by molar-refractivity contribution is 1.31. The molecule has 0 fully saturated rings. The summed E-state index contributed by atoms with van der Waals surface area (Å²) >= 11 is 0. The molecule has 1 aromatic heterocycles. The van der Waals surface area contributed by atoms with Crippen LogP contribution in [0.15, 0.2) is 36.4 Å². The van der Waals surface area contributed by atoms with Crippen LogP contribution < -0.4 is 11.5 Å². The number of pyridine rings is 1. The van der Waals surface area contributed by atoms with Gasteiger partial charge in [0.25, 0.3) is 0 Å². The lowest BCUT2D eigenvalue weighted by atomic mass is 10.1. The Labute approximate surface area is 93.1 Å². The van der Waals surface area contributed by atoms with Gasteiger partial charge in [-0.2, -0.15) is 5.26 Å². The van der Waals surface area contributed by atoms with Crippen LogP contribution >= 0.6 is 0 Å². The zero-order chi connectivity index (χ0) is 11.5. The first-order valence-corrected chi connectivity index (χ1v) is 4.73. The predicted molar refractivity (Wildman–Crippen MR) is 63.2 cm³/mol. The predicted octanol–water partition coefficient (Wildman–Crippen LogP) is 1.78. The Morgan fingerprint density at radius 1 is 1.12 bits per heavy atom. The van der Waals surface area contributed by atoms with Crippen LogP contribution in [0.4, 0.5) is 11.5 Å². The number of nitrogens with zero attached hydrogens (tertiary/aromatic N) is 2. The number of hydrogen-bond acceptors (Lipinski definition) is 4. The van der Waals surface area contributed by atoms with E-state index in [4.69, 9.17) is 16.7 Å². The van der Waals surface area contributed by atoms with E-state index in [0.29, 0.717) is 16.9 Å². The smallest absolute Gasteiger partial charge is 0.142 e. The highest BCUT2D eigenvalue weighted by Gasteiger charge is 2.03. The van der Waals surface area contributed by atoms with E-state index < -0.39 is 0 Å². The lowest BCUT2D eigenvalue weighted by Gasteiger charge is -2.03. The summed E-state index contributed by atoms with van der Waals surface area (Å²) in [5, 5.41) is 8.73. The number of nitrogen functional groups attached to an aromatic ring is 2. The van der Waals surface area contributed by atoms with E-state index in [1.54, 1.807) is 18.2 Å². The highest BCUT2D eigenvalue weighted by Crippen LogP contribution is 2.21. The van der Waals surface area contributed by atoms with E-state index >= 15 is 0 Å². The SMILES string of the molecule is N#Cc1ccc(-c2cccc(N)c2)nc1N. The fraction of sp³-hybridized carbons (Fsp3) is 0. The standard InChI is InChI=1S/C12H10N4/c13-7-9-4-5-11(16-12(9)15)8-2-1-3-10(14)6-8/h1-6H,14H2,(H2,15,16). The molecule has 0 aliphatic rings. The maximum atomic E-state index is 8.73. The Hall–Kier alpha value is -2.54. The van der Waals surface area contributed by atoms with Crippen molar-refractivity contribution in [2.24, 2.45) is 0 Å². The number of aromatic nitrogens is 1. The molecule has 1 aromatic carbocycles. The number of rotatable bonds is 1. The van der Waals surface area contributed by atoms with Gasteiger partial charge in [0.2, 0.25) is 0 Å². The highest BCUT2D eigenvalue weighted by molar-refractivity contribution is 5.66. The number of benzene rings is 1. The van der Waals surface area contributed by atoms with Crippen LogP contribution in [-0.2, 0) is 0 Å². The third-order valence-electron chi connectivity index (χ3n) is 2.23. The molecular weight excluding hydrogens is 200 g/mol. The third-order valence-corrected chi connectivity index (χ3v) is 2.23. The van der Waals surface area contributed by atoms with Crippen molar-refractivity contribution in [2.75, 3.05) is 11.5 Å². The van der Waals surface area contributed by atoms with Gasteiger partial charge in [0.1, 0.15) is 11.9 Å². The van der Waals surface area contributed by atoms with Gasteiger partial charge in [0, 0.05) is 11.3 Å². The summed E-state index contributed by atoms with van der Waals surface area (Å²) in [5.74, 6) is 0.238. The van der Waals surface area contributed by atoms with Gasteiger partial charge in [0.15, 0.2) is 0 Å². The second kappa shape index (κ2) is 3.91. The molecule has 16 heavy (non-hydrogen) atoms. The van der Waals surface area contributed by atoms with E-state index in [-0.39, 0.29) is 5.82 Å². The Morgan fingerprint density at radius 2 is 1.94 bits per heavy atom. The van der Waals surface area contributed by atoms with E-state index in [1.165, 1.54) is 0 Å².